The molecule has 1 aliphatic carbocycles. The molecule has 1 aromatic carbocycles. The van der Waals surface area contributed by atoms with Crippen molar-refractivity contribution in [1.82, 2.24) is 9.97 Å². The molecule has 1 saturated carbocycles. The Bertz CT molecular complexity index is 796. The maximum atomic E-state index is 13.2. The van der Waals surface area contributed by atoms with Crippen LogP contribution >= 0.6 is 0 Å². The number of benzene rings is 1. The summed E-state index contributed by atoms with van der Waals surface area (Å²) in [4.78, 5) is 7.78. The molecule has 0 radical (unpaired) electrons. The number of aromatic nitrogens is 2. The topological polar surface area (TPSA) is 68.3 Å². The van der Waals surface area contributed by atoms with Gasteiger partial charge in [-0.2, -0.15) is 18.2 Å². The van der Waals surface area contributed by atoms with Gasteiger partial charge in [-0.15, -0.1) is 0 Å². The number of alkyl halides is 3. The smallest absolute Gasteiger partial charge is 0.421 e. The molecule has 1 fully saturated rings. The molecule has 2 aromatic rings. The van der Waals surface area contributed by atoms with E-state index in [4.69, 9.17) is 9.47 Å². The van der Waals surface area contributed by atoms with Crippen molar-refractivity contribution in [2.75, 3.05) is 24.0 Å². The van der Waals surface area contributed by atoms with Gasteiger partial charge in [0.1, 0.15) is 11.4 Å². The van der Waals surface area contributed by atoms with E-state index in [2.05, 4.69) is 20.6 Å². The molecule has 4 rings (SSSR count). The van der Waals surface area contributed by atoms with Crippen molar-refractivity contribution in [3.63, 3.8) is 0 Å². The summed E-state index contributed by atoms with van der Waals surface area (Å²) >= 11 is 0. The zero-order valence-corrected chi connectivity index (χ0v) is 17.1. The molecular weight excluding hydrogens is 385 g/mol. The minimum atomic E-state index is -4.56. The Labute approximate surface area is 168 Å². The summed E-state index contributed by atoms with van der Waals surface area (Å²) in [6, 6.07) is 4.81. The standard InChI is InChI=1S/C16H15F3N4O2.2C2H6/c17-16(18,19)11-7-21-15(20-6-9-1-2-9)23-14(11)22-10-3-4-12-13(5-10)25-8-24-12;2*1-2/h3-5,7,9H,1-2,6,8H2,(H2,20,21,22,23);2*1-2H3. The quantitative estimate of drug-likeness (QED) is 0.643. The fourth-order valence-corrected chi connectivity index (χ4v) is 2.44. The maximum Gasteiger partial charge on any atom is 0.421 e. The van der Waals surface area contributed by atoms with E-state index < -0.39 is 11.7 Å². The van der Waals surface area contributed by atoms with E-state index in [0.29, 0.717) is 29.6 Å². The van der Waals surface area contributed by atoms with Crippen molar-refractivity contribution in [1.29, 1.82) is 0 Å². The molecule has 1 aliphatic heterocycles. The van der Waals surface area contributed by atoms with Crippen molar-refractivity contribution in [3.05, 3.63) is 30.0 Å². The monoisotopic (exact) mass is 412 g/mol. The molecule has 1 aromatic heterocycles. The van der Waals surface area contributed by atoms with E-state index in [-0.39, 0.29) is 18.6 Å². The first kappa shape index (κ1) is 22.6. The Hall–Kier alpha value is -2.71. The minimum absolute atomic E-state index is 0.0926. The van der Waals surface area contributed by atoms with Crippen LogP contribution in [0.3, 0.4) is 0 Å². The molecule has 0 bridgehead atoms. The first-order valence-corrected chi connectivity index (χ1v) is 9.84. The van der Waals surface area contributed by atoms with Crippen LogP contribution in [0.4, 0.5) is 30.6 Å². The Morgan fingerprint density at radius 1 is 1.07 bits per heavy atom. The molecule has 0 unspecified atom stereocenters. The Morgan fingerprint density at radius 3 is 2.41 bits per heavy atom. The van der Waals surface area contributed by atoms with Gasteiger partial charge in [0.15, 0.2) is 11.5 Å². The third kappa shape index (κ3) is 6.13. The SMILES string of the molecule is CC.CC.FC(F)(F)c1cnc(NCC2CC2)nc1Nc1ccc2c(c1)OCO2. The minimum Gasteiger partial charge on any atom is -0.454 e. The molecule has 160 valence electrons. The lowest BCUT2D eigenvalue weighted by molar-refractivity contribution is -0.137. The number of hydrogen-bond donors (Lipinski definition) is 2. The van der Waals surface area contributed by atoms with Gasteiger partial charge in [-0.1, -0.05) is 27.7 Å². The van der Waals surface area contributed by atoms with Gasteiger partial charge in [0.05, 0.1) is 0 Å². The predicted octanol–water partition coefficient (Wildman–Crippen LogP) is 5.84. The molecule has 9 heteroatoms. The molecule has 0 spiro atoms. The van der Waals surface area contributed by atoms with Gasteiger partial charge in [0, 0.05) is 24.5 Å². The lowest BCUT2D eigenvalue weighted by Crippen LogP contribution is -2.14. The van der Waals surface area contributed by atoms with Crippen LogP contribution in [-0.4, -0.2) is 23.3 Å². The summed E-state index contributed by atoms with van der Waals surface area (Å²) < 4.78 is 50.2. The van der Waals surface area contributed by atoms with Gasteiger partial charge in [0.25, 0.3) is 0 Å². The lowest BCUT2D eigenvalue weighted by atomic mass is 10.2. The Morgan fingerprint density at radius 2 is 1.76 bits per heavy atom. The van der Waals surface area contributed by atoms with Crippen molar-refractivity contribution < 1.29 is 22.6 Å². The highest BCUT2D eigenvalue weighted by molar-refractivity contribution is 5.64. The highest BCUT2D eigenvalue weighted by Crippen LogP contribution is 2.38. The molecule has 0 atom stereocenters. The van der Waals surface area contributed by atoms with Gasteiger partial charge >= 0.3 is 6.18 Å². The number of rotatable bonds is 5. The van der Waals surface area contributed by atoms with Crippen LogP contribution in [0.5, 0.6) is 11.5 Å². The van der Waals surface area contributed by atoms with Gasteiger partial charge < -0.3 is 20.1 Å². The van der Waals surface area contributed by atoms with Crippen LogP contribution in [-0.2, 0) is 6.18 Å². The average Bonchev–Trinajstić information content (AvgIpc) is 3.44. The number of halogens is 3. The van der Waals surface area contributed by atoms with Gasteiger partial charge in [0.2, 0.25) is 12.7 Å². The maximum absolute atomic E-state index is 13.2. The fraction of sp³-hybridized carbons (Fsp3) is 0.500. The first-order valence-electron chi connectivity index (χ1n) is 9.84. The second-order valence-corrected chi connectivity index (χ2v) is 5.97. The second kappa shape index (κ2) is 10.2. The van der Waals surface area contributed by atoms with Crippen LogP contribution in [0.25, 0.3) is 0 Å². The summed E-state index contributed by atoms with van der Waals surface area (Å²) in [5.74, 6) is 1.44. The number of anilines is 3. The van der Waals surface area contributed by atoms with Crippen molar-refractivity contribution in [2.24, 2.45) is 5.92 Å². The zero-order valence-electron chi connectivity index (χ0n) is 17.1. The van der Waals surface area contributed by atoms with Crippen molar-refractivity contribution in [2.45, 2.75) is 46.7 Å². The number of fused-ring (bicyclic) bond motifs is 1. The summed E-state index contributed by atoms with van der Waals surface area (Å²) in [6.07, 6.45) is -1.53. The molecule has 0 saturated heterocycles. The predicted molar refractivity (Wildman–Crippen MR) is 107 cm³/mol. The third-order valence-electron chi connectivity index (χ3n) is 3.98. The van der Waals surface area contributed by atoms with Gasteiger partial charge in [-0.25, -0.2) is 4.98 Å². The summed E-state index contributed by atoms with van der Waals surface area (Å²) in [5.41, 5.74) is -0.510. The van der Waals surface area contributed by atoms with E-state index in [1.165, 1.54) is 0 Å². The molecule has 2 aliphatic rings. The zero-order chi connectivity index (χ0) is 21.4. The number of hydrogen-bond acceptors (Lipinski definition) is 6. The van der Waals surface area contributed by atoms with Gasteiger partial charge in [-0.3, -0.25) is 0 Å². The largest absolute Gasteiger partial charge is 0.454 e. The normalized spacial score (nSPS) is 14.2. The molecule has 29 heavy (non-hydrogen) atoms. The highest BCUT2D eigenvalue weighted by atomic mass is 19.4. The van der Waals surface area contributed by atoms with E-state index >= 15 is 0 Å². The van der Waals surface area contributed by atoms with E-state index in [1.54, 1.807) is 18.2 Å². The Balaban J connectivity index is 0.000000707. The van der Waals surface area contributed by atoms with E-state index in [0.717, 1.165) is 19.0 Å². The molecule has 0 amide bonds. The first-order chi connectivity index (χ1) is 14.0. The fourth-order valence-electron chi connectivity index (χ4n) is 2.44. The van der Waals surface area contributed by atoms with Crippen LogP contribution in [0.1, 0.15) is 46.1 Å². The summed E-state index contributed by atoms with van der Waals surface area (Å²) in [7, 11) is 0. The van der Waals surface area contributed by atoms with Crippen molar-refractivity contribution >= 4 is 17.5 Å². The molecule has 2 heterocycles. The Kier molecular flexibility index (Phi) is 7.92. The molecular formula is C20H27F3N4O2. The van der Waals surface area contributed by atoms with Crippen molar-refractivity contribution in [3.8, 4) is 11.5 Å². The van der Waals surface area contributed by atoms with Crippen LogP contribution in [0.2, 0.25) is 0 Å². The highest BCUT2D eigenvalue weighted by Gasteiger charge is 2.35. The van der Waals surface area contributed by atoms with Crippen LogP contribution in [0.15, 0.2) is 24.4 Å². The molecule has 6 nitrogen and oxygen atoms in total. The van der Waals surface area contributed by atoms with Crippen LogP contribution < -0.4 is 20.1 Å². The molecule has 2 N–H and O–H groups in total. The summed E-state index contributed by atoms with van der Waals surface area (Å²) in [5, 5.41) is 5.68. The lowest BCUT2D eigenvalue weighted by Gasteiger charge is -2.15. The van der Waals surface area contributed by atoms with Crippen LogP contribution in [0, 0.1) is 5.92 Å². The van der Waals surface area contributed by atoms with E-state index in [9.17, 15) is 13.2 Å². The van der Waals surface area contributed by atoms with Gasteiger partial charge in [-0.05, 0) is 30.9 Å². The third-order valence-corrected chi connectivity index (χ3v) is 3.98. The number of nitrogens with zero attached hydrogens (tertiary/aromatic N) is 2. The second-order valence-electron chi connectivity index (χ2n) is 5.97. The average molecular weight is 412 g/mol. The number of nitrogens with one attached hydrogen (secondary N) is 2. The summed E-state index contributed by atoms with van der Waals surface area (Å²) in [6.45, 7) is 8.75. The van der Waals surface area contributed by atoms with E-state index in [1.807, 2.05) is 27.7 Å². The number of ether oxygens (including phenoxy) is 2.